The Kier molecular flexibility index (Phi) is 15.0. The van der Waals surface area contributed by atoms with Crippen LogP contribution in [-0.2, 0) is 25.5 Å². The number of nitrogens with zero attached hydrogens (tertiary/aromatic N) is 3. The second-order valence-electron chi connectivity index (χ2n) is 14.9. The Morgan fingerprint density at radius 3 is 2.42 bits per heavy atom. The summed E-state index contributed by atoms with van der Waals surface area (Å²) >= 11 is 1.35. The van der Waals surface area contributed by atoms with Crippen LogP contribution in [-0.4, -0.2) is 88.8 Å². The van der Waals surface area contributed by atoms with Crippen LogP contribution in [0.2, 0.25) is 0 Å². The molecule has 2 N–H and O–H groups in total. The summed E-state index contributed by atoms with van der Waals surface area (Å²) in [6, 6.07) is 9.05. The fourth-order valence-corrected chi connectivity index (χ4v) is 8.16. The quantitative estimate of drug-likeness (QED) is 0.162. The van der Waals surface area contributed by atoms with Crippen molar-refractivity contribution in [1.82, 2.24) is 20.1 Å². The van der Waals surface area contributed by atoms with Crippen molar-refractivity contribution in [3.8, 4) is 0 Å². The molecule has 0 unspecified atom stereocenters. The van der Waals surface area contributed by atoms with Crippen molar-refractivity contribution in [2.45, 2.75) is 116 Å². The van der Waals surface area contributed by atoms with Crippen LogP contribution < -0.4 is 5.32 Å². The third-order valence-corrected chi connectivity index (χ3v) is 11.4. The predicted molar refractivity (Wildman–Crippen MR) is 196 cm³/mol. The fourth-order valence-electron chi connectivity index (χ4n) is 7.30. The zero-order chi connectivity index (χ0) is 36.4. The number of carbonyl (C=O) groups is 4. The second kappa shape index (κ2) is 18.9. The number of amides is 2. The molecule has 1 aromatic carbocycles. The molecule has 276 valence electrons. The molecule has 0 bridgehead atoms. The summed E-state index contributed by atoms with van der Waals surface area (Å²) in [6.45, 7) is 9.12. The lowest BCUT2D eigenvalue weighted by Gasteiger charge is -2.36. The van der Waals surface area contributed by atoms with Gasteiger partial charge in [0.05, 0.1) is 12.0 Å². The highest BCUT2D eigenvalue weighted by atomic mass is 32.1. The van der Waals surface area contributed by atoms with Crippen molar-refractivity contribution < 1.29 is 29.0 Å². The highest BCUT2D eigenvalue weighted by Crippen LogP contribution is 2.38. The lowest BCUT2D eigenvalue weighted by atomic mass is 9.88. The average molecular weight is 711 g/mol. The molecule has 1 saturated carbocycles. The van der Waals surface area contributed by atoms with Gasteiger partial charge in [-0.1, -0.05) is 70.4 Å². The summed E-state index contributed by atoms with van der Waals surface area (Å²) in [4.78, 5) is 61.5. The van der Waals surface area contributed by atoms with Crippen molar-refractivity contribution in [2.24, 2.45) is 23.7 Å². The number of hydrogen-bond donors (Lipinski definition) is 2. The first-order valence-corrected chi connectivity index (χ1v) is 19.4. The lowest BCUT2D eigenvalue weighted by molar-refractivity contribution is -0.142. The number of piperidine rings is 1. The second-order valence-corrected chi connectivity index (χ2v) is 15.8. The number of carbonyl (C=O) groups excluding carboxylic acids is 3. The number of nitrogens with one attached hydrogen (secondary N) is 1. The average Bonchev–Trinajstić information content (AvgIpc) is 3.77. The van der Waals surface area contributed by atoms with Gasteiger partial charge in [0, 0.05) is 49.9 Å². The van der Waals surface area contributed by atoms with Crippen molar-refractivity contribution in [1.29, 1.82) is 0 Å². The summed E-state index contributed by atoms with van der Waals surface area (Å²) in [5, 5.41) is 15.0. The highest BCUT2D eigenvalue weighted by molar-refractivity contribution is 7.09. The van der Waals surface area contributed by atoms with Crippen molar-refractivity contribution in [2.75, 3.05) is 27.2 Å². The molecular weight excluding hydrogens is 653 g/mol. The Morgan fingerprint density at radius 1 is 1.08 bits per heavy atom. The SMILES string of the molecule is CCO[C@H](C[C@H](C(C)C)N(C)C(=O)[C@@H](CC(=O)[C@H]1CCCCN1C)CC1CC1)c1nc(C(=O)N[C@@H](Cc2ccccc2)C[C@H](C)C(=O)O)cs1. The molecule has 6 atom stereocenters. The molecule has 1 aliphatic carbocycles. The summed E-state index contributed by atoms with van der Waals surface area (Å²) < 4.78 is 6.21. The number of benzene rings is 1. The Balaban J connectivity index is 1.46. The van der Waals surface area contributed by atoms with Crippen LogP contribution in [0.1, 0.15) is 113 Å². The Bertz CT molecular complexity index is 1410. The maximum Gasteiger partial charge on any atom is 0.306 e. The molecule has 0 spiro atoms. The first kappa shape index (κ1) is 39.6. The number of likely N-dealkylation sites (tertiary alicyclic amines) is 1. The summed E-state index contributed by atoms with van der Waals surface area (Å²) in [7, 11) is 3.88. The number of Topliss-reactive ketones (excluding diaryl/α,β-unsaturated/α-hetero) is 1. The number of aliphatic carboxylic acids is 1. The van der Waals surface area contributed by atoms with E-state index in [-0.39, 0.29) is 66.1 Å². The first-order chi connectivity index (χ1) is 23.9. The lowest BCUT2D eigenvalue weighted by Crippen LogP contribution is -2.47. The number of carboxylic acid groups (broad SMARTS) is 1. The molecule has 1 saturated heterocycles. The minimum Gasteiger partial charge on any atom is -0.481 e. The zero-order valence-electron chi connectivity index (χ0n) is 30.8. The molecule has 4 rings (SSSR count). The molecule has 2 aromatic rings. The Hall–Kier alpha value is -3.15. The molecule has 11 heteroatoms. The minimum atomic E-state index is -0.904. The number of carboxylic acids is 1. The van der Waals surface area contributed by atoms with Crippen LogP contribution in [0.15, 0.2) is 35.7 Å². The fraction of sp³-hybridized carbons (Fsp3) is 0.667. The molecule has 2 aliphatic rings. The largest absolute Gasteiger partial charge is 0.481 e. The molecule has 1 aromatic heterocycles. The number of aromatic nitrogens is 1. The molecule has 0 radical (unpaired) electrons. The van der Waals surface area contributed by atoms with Crippen LogP contribution in [0.4, 0.5) is 0 Å². The molecule has 1 aliphatic heterocycles. The third-order valence-electron chi connectivity index (χ3n) is 10.4. The Labute approximate surface area is 302 Å². The van der Waals surface area contributed by atoms with E-state index in [4.69, 9.17) is 9.72 Å². The summed E-state index contributed by atoms with van der Waals surface area (Å²) in [5.41, 5.74) is 1.27. The van der Waals surface area contributed by atoms with Gasteiger partial charge in [-0.05, 0) is 70.0 Å². The molecular formula is C39H58N4O6S. The van der Waals surface area contributed by atoms with E-state index in [1.165, 1.54) is 11.3 Å². The summed E-state index contributed by atoms with van der Waals surface area (Å²) in [5.74, 6) is -1.37. The smallest absolute Gasteiger partial charge is 0.306 e. The van der Waals surface area contributed by atoms with Gasteiger partial charge in [0.25, 0.3) is 5.91 Å². The molecule has 2 amide bonds. The minimum absolute atomic E-state index is 0.0249. The number of thiazole rings is 1. The predicted octanol–water partition coefficient (Wildman–Crippen LogP) is 6.41. The first-order valence-electron chi connectivity index (χ1n) is 18.5. The number of likely N-dealkylation sites (N-methyl/N-ethyl adjacent to an activating group) is 1. The van der Waals surface area contributed by atoms with Gasteiger partial charge in [0.15, 0.2) is 5.78 Å². The molecule has 2 fully saturated rings. The van der Waals surface area contributed by atoms with E-state index in [0.29, 0.717) is 30.4 Å². The topological polar surface area (TPSA) is 129 Å². The Morgan fingerprint density at radius 2 is 1.80 bits per heavy atom. The van der Waals surface area contributed by atoms with Crippen molar-refractivity contribution in [3.05, 3.63) is 52.0 Å². The van der Waals surface area contributed by atoms with Gasteiger partial charge in [0.2, 0.25) is 5.91 Å². The van der Waals surface area contributed by atoms with Crippen LogP contribution in [0.3, 0.4) is 0 Å². The zero-order valence-corrected chi connectivity index (χ0v) is 31.6. The van der Waals surface area contributed by atoms with Gasteiger partial charge in [-0.2, -0.15) is 0 Å². The van der Waals surface area contributed by atoms with Gasteiger partial charge >= 0.3 is 5.97 Å². The number of rotatable bonds is 20. The third kappa shape index (κ3) is 11.4. The summed E-state index contributed by atoms with van der Waals surface area (Å²) in [6.07, 6.45) is 7.18. The highest BCUT2D eigenvalue weighted by Gasteiger charge is 2.38. The van der Waals surface area contributed by atoms with E-state index in [9.17, 15) is 24.3 Å². The van der Waals surface area contributed by atoms with E-state index in [2.05, 4.69) is 24.1 Å². The van der Waals surface area contributed by atoms with Gasteiger partial charge in [-0.25, -0.2) is 4.98 Å². The maximum atomic E-state index is 14.2. The van der Waals surface area contributed by atoms with E-state index in [1.807, 2.05) is 56.3 Å². The van der Waals surface area contributed by atoms with Crippen molar-refractivity contribution >= 4 is 34.9 Å². The van der Waals surface area contributed by atoms with Gasteiger partial charge in [0.1, 0.15) is 16.8 Å². The normalized spacial score (nSPS) is 19.7. The van der Waals surface area contributed by atoms with E-state index in [1.54, 1.807) is 12.3 Å². The van der Waals surface area contributed by atoms with Crippen molar-refractivity contribution in [3.63, 3.8) is 0 Å². The van der Waals surface area contributed by atoms with Crippen LogP contribution in [0.25, 0.3) is 0 Å². The monoisotopic (exact) mass is 710 g/mol. The van der Waals surface area contributed by atoms with E-state index >= 15 is 0 Å². The van der Waals surface area contributed by atoms with Crippen LogP contribution >= 0.6 is 11.3 Å². The number of ether oxygens (including phenoxy) is 1. The van der Waals surface area contributed by atoms with Gasteiger partial charge in [-0.3, -0.25) is 24.1 Å². The van der Waals surface area contributed by atoms with Gasteiger partial charge in [-0.15, -0.1) is 11.3 Å². The molecule has 10 nitrogen and oxygen atoms in total. The number of ketones is 1. The van der Waals surface area contributed by atoms with E-state index in [0.717, 1.165) is 50.6 Å². The van der Waals surface area contributed by atoms with E-state index < -0.39 is 18.0 Å². The maximum absolute atomic E-state index is 14.2. The number of hydrogen-bond acceptors (Lipinski definition) is 8. The van der Waals surface area contributed by atoms with Crippen LogP contribution in [0, 0.1) is 23.7 Å². The standard InChI is InChI=1S/C39H58N4O6S/c1-7-49-35(37-41-31(24-50-37)36(45)40-30(19-26(4)39(47)48)21-27-13-9-8-10-14-27)23-33(25(2)3)43(6)38(46)29(20-28-16-17-28)22-34(44)32-15-11-12-18-42(32)5/h8-10,13-14,24-26,28-30,32-33,35H,7,11-12,15-23H2,1-6H3,(H,40,45)(H,47,48)/t26-,29+,30+,32+,33+,35+/m0/s1. The molecule has 50 heavy (non-hydrogen) atoms. The van der Waals surface area contributed by atoms with Crippen LogP contribution in [0.5, 0.6) is 0 Å². The van der Waals surface area contributed by atoms with Gasteiger partial charge < -0.3 is 20.1 Å². The molecule has 2 heterocycles.